The highest BCUT2D eigenvalue weighted by atomic mass is 35.5. The molecular formula is C15H16ClFN2O2. The molecule has 0 spiro atoms. The Kier molecular flexibility index (Phi) is 3.40. The third-order valence-electron chi connectivity index (χ3n) is 4.27. The lowest BCUT2D eigenvalue weighted by atomic mass is 9.94. The summed E-state index contributed by atoms with van der Waals surface area (Å²) in [7, 11) is 0. The molecule has 2 amide bonds. The molecule has 1 heterocycles. The van der Waals surface area contributed by atoms with Crippen LogP contribution in [-0.4, -0.2) is 23.9 Å². The molecule has 0 bridgehead atoms. The van der Waals surface area contributed by atoms with Crippen LogP contribution in [0.3, 0.4) is 0 Å². The lowest BCUT2D eigenvalue weighted by molar-refractivity contribution is -0.130. The third kappa shape index (κ3) is 2.39. The predicted octanol–water partition coefficient (Wildman–Crippen LogP) is 2.50. The van der Waals surface area contributed by atoms with Crippen LogP contribution in [0, 0.1) is 11.7 Å². The number of hydrogen-bond donors (Lipinski definition) is 1. The van der Waals surface area contributed by atoms with Gasteiger partial charge in [-0.05, 0) is 37.8 Å². The standard InChI is InChI=1S/C15H16ClFN2O2/c1-15(9-5-6-9)14(21)19(8-7-12(20)18-15)11-4-2-3-10(16)13(11)17/h2-4,9H,5-8H2,1H3,(H,18,20). The molecule has 1 aromatic carbocycles. The fraction of sp³-hybridized carbons (Fsp3) is 0.467. The van der Waals surface area contributed by atoms with E-state index in [2.05, 4.69) is 5.32 Å². The molecule has 1 aliphatic heterocycles. The summed E-state index contributed by atoms with van der Waals surface area (Å²) in [5, 5.41) is 2.78. The van der Waals surface area contributed by atoms with Crippen molar-refractivity contribution < 1.29 is 14.0 Å². The molecule has 21 heavy (non-hydrogen) atoms. The van der Waals surface area contributed by atoms with Gasteiger partial charge in [0.15, 0.2) is 5.82 Å². The molecule has 1 saturated carbocycles. The minimum Gasteiger partial charge on any atom is -0.342 e. The zero-order valence-electron chi connectivity index (χ0n) is 11.7. The summed E-state index contributed by atoms with van der Waals surface area (Å²) in [6.07, 6.45) is 1.95. The van der Waals surface area contributed by atoms with Crippen LogP contribution in [0.25, 0.3) is 0 Å². The quantitative estimate of drug-likeness (QED) is 0.912. The second kappa shape index (κ2) is 4.98. The van der Waals surface area contributed by atoms with Crippen LogP contribution in [0.1, 0.15) is 26.2 Å². The Morgan fingerprint density at radius 2 is 2.10 bits per heavy atom. The molecule has 1 N–H and O–H groups in total. The van der Waals surface area contributed by atoms with Crippen molar-refractivity contribution in [2.24, 2.45) is 5.92 Å². The minimum absolute atomic E-state index is 0.0306. The van der Waals surface area contributed by atoms with E-state index in [0.29, 0.717) is 0 Å². The summed E-state index contributed by atoms with van der Waals surface area (Å²) in [4.78, 5) is 26.1. The summed E-state index contributed by atoms with van der Waals surface area (Å²) in [6.45, 7) is 1.88. The van der Waals surface area contributed by atoms with Crippen molar-refractivity contribution in [1.82, 2.24) is 5.32 Å². The molecule has 1 unspecified atom stereocenters. The summed E-state index contributed by atoms with van der Waals surface area (Å²) in [5.41, 5.74) is -0.821. The molecule has 0 radical (unpaired) electrons. The fourth-order valence-electron chi connectivity index (χ4n) is 2.87. The number of rotatable bonds is 2. The number of nitrogens with zero attached hydrogens (tertiary/aromatic N) is 1. The highest BCUT2D eigenvalue weighted by Gasteiger charge is 2.51. The van der Waals surface area contributed by atoms with Gasteiger partial charge >= 0.3 is 0 Å². The number of halogens is 2. The summed E-state index contributed by atoms with van der Waals surface area (Å²) in [5.74, 6) is -0.948. The smallest absolute Gasteiger partial charge is 0.252 e. The Labute approximate surface area is 127 Å². The normalized spacial score (nSPS) is 26.5. The van der Waals surface area contributed by atoms with E-state index in [0.717, 1.165) is 12.8 Å². The van der Waals surface area contributed by atoms with E-state index in [-0.39, 0.29) is 41.4 Å². The first-order valence-electron chi connectivity index (χ1n) is 7.00. The molecule has 1 saturated heterocycles. The Hall–Kier alpha value is -1.62. The molecule has 2 aliphatic rings. The van der Waals surface area contributed by atoms with Crippen LogP contribution in [0.15, 0.2) is 18.2 Å². The SMILES string of the molecule is CC1(C2CC2)NC(=O)CCN(c2cccc(Cl)c2F)C1=O. The van der Waals surface area contributed by atoms with Crippen LogP contribution < -0.4 is 10.2 Å². The number of hydrogen-bond acceptors (Lipinski definition) is 2. The first-order valence-corrected chi connectivity index (χ1v) is 7.38. The second-order valence-electron chi connectivity index (χ2n) is 5.80. The third-order valence-corrected chi connectivity index (χ3v) is 4.56. The number of carbonyl (C=O) groups is 2. The van der Waals surface area contributed by atoms with Gasteiger partial charge in [0.25, 0.3) is 5.91 Å². The van der Waals surface area contributed by atoms with Crippen molar-refractivity contribution in [3.05, 3.63) is 29.0 Å². The van der Waals surface area contributed by atoms with E-state index in [1.165, 1.54) is 17.0 Å². The lowest BCUT2D eigenvalue weighted by Crippen LogP contribution is -2.57. The summed E-state index contributed by atoms with van der Waals surface area (Å²) in [6, 6.07) is 4.55. The molecule has 1 atom stereocenters. The van der Waals surface area contributed by atoms with Gasteiger partial charge in [-0.1, -0.05) is 17.7 Å². The van der Waals surface area contributed by atoms with Crippen LogP contribution in [0.5, 0.6) is 0 Å². The summed E-state index contributed by atoms with van der Waals surface area (Å²) >= 11 is 5.80. The lowest BCUT2D eigenvalue weighted by Gasteiger charge is -2.32. The van der Waals surface area contributed by atoms with Crippen molar-refractivity contribution in [1.29, 1.82) is 0 Å². The molecule has 4 nitrogen and oxygen atoms in total. The zero-order chi connectivity index (χ0) is 15.2. The monoisotopic (exact) mass is 310 g/mol. The van der Waals surface area contributed by atoms with Crippen LogP contribution in [0.2, 0.25) is 5.02 Å². The topological polar surface area (TPSA) is 49.4 Å². The van der Waals surface area contributed by atoms with Crippen molar-refractivity contribution in [2.75, 3.05) is 11.4 Å². The molecule has 6 heteroatoms. The van der Waals surface area contributed by atoms with Gasteiger partial charge < -0.3 is 10.2 Å². The van der Waals surface area contributed by atoms with Crippen LogP contribution in [-0.2, 0) is 9.59 Å². The highest BCUT2D eigenvalue weighted by Crippen LogP contribution is 2.42. The zero-order valence-corrected chi connectivity index (χ0v) is 12.4. The van der Waals surface area contributed by atoms with Gasteiger partial charge in [0.2, 0.25) is 5.91 Å². The maximum absolute atomic E-state index is 14.2. The number of nitrogens with one attached hydrogen (secondary N) is 1. The molecule has 112 valence electrons. The molecule has 1 aromatic rings. The number of benzene rings is 1. The molecule has 1 aliphatic carbocycles. The number of anilines is 1. The van der Waals surface area contributed by atoms with Gasteiger partial charge in [-0.25, -0.2) is 4.39 Å². The predicted molar refractivity (Wildman–Crippen MR) is 77.7 cm³/mol. The average molecular weight is 311 g/mol. The summed E-state index contributed by atoms with van der Waals surface area (Å²) < 4.78 is 14.2. The van der Waals surface area contributed by atoms with Gasteiger partial charge in [-0.15, -0.1) is 0 Å². The maximum Gasteiger partial charge on any atom is 0.252 e. The Morgan fingerprint density at radius 3 is 2.76 bits per heavy atom. The van der Waals surface area contributed by atoms with Gasteiger partial charge in [0.05, 0.1) is 10.7 Å². The highest BCUT2D eigenvalue weighted by molar-refractivity contribution is 6.31. The van der Waals surface area contributed by atoms with Gasteiger partial charge in [0, 0.05) is 13.0 Å². The van der Waals surface area contributed by atoms with Crippen LogP contribution in [0.4, 0.5) is 10.1 Å². The van der Waals surface area contributed by atoms with Gasteiger partial charge in [-0.3, -0.25) is 9.59 Å². The number of amides is 2. The number of carbonyl (C=O) groups excluding carboxylic acids is 2. The Morgan fingerprint density at radius 1 is 1.38 bits per heavy atom. The van der Waals surface area contributed by atoms with Crippen molar-refractivity contribution in [2.45, 2.75) is 31.7 Å². The second-order valence-corrected chi connectivity index (χ2v) is 6.21. The molecule has 3 rings (SSSR count). The largest absolute Gasteiger partial charge is 0.342 e. The minimum atomic E-state index is -0.956. The average Bonchev–Trinajstić information content (AvgIpc) is 3.27. The molecule has 0 aromatic heterocycles. The maximum atomic E-state index is 14.2. The van der Waals surface area contributed by atoms with E-state index >= 15 is 0 Å². The van der Waals surface area contributed by atoms with E-state index in [1.807, 2.05) is 0 Å². The molecular weight excluding hydrogens is 295 g/mol. The van der Waals surface area contributed by atoms with Gasteiger partial charge in [-0.2, -0.15) is 0 Å². The Balaban J connectivity index is 2.03. The Bertz CT molecular complexity index is 618. The van der Waals surface area contributed by atoms with E-state index in [4.69, 9.17) is 11.6 Å². The van der Waals surface area contributed by atoms with Gasteiger partial charge in [0.1, 0.15) is 5.54 Å². The van der Waals surface area contributed by atoms with Crippen molar-refractivity contribution in [3.63, 3.8) is 0 Å². The fourth-order valence-corrected chi connectivity index (χ4v) is 3.04. The van der Waals surface area contributed by atoms with E-state index in [9.17, 15) is 14.0 Å². The first-order chi connectivity index (χ1) is 9.93. The molecule has 2 fully saturated rings. The van der Waals surface area contributed by atoms with Crippen molar-refractivity contribution >= 4 is 29.1 Å². The van der Waals surface area contributed by atoms with E-state index in [1.54, 1.807) is 13.0 Å². The first kappa shape index (κ1) is 14.3. The van der Waals surface area contributed by atoms with E-state index < -0.39 is 11.4 Å². The van der Waals surface area contributed by atoms with Crippen molar-refractivity contribution in [3.8, 4) is 0 Å². The van der Waals surface area contributed by atoms with Crippen LogP contribution >= 0.6 is 11.6 Å².